The van der Waals surface area contributed by atoms with Crippen molar-refractivity contribution in [1.29, 1.82) is 0 Å². The normalized spacial score (nSPS) is 17.2. The summed E-state index contributed by atoms with van der Waals surface area (Å²) in [4.78, 5) is 18.2. The highest BCUT2D eigenvalue weighted by molar-refractivity contribution is 7.80. The van der Waals surface area contributed by atoms with Crippen LogP contribution >= 0.6 is 12.2 Å². The van der Waals surface area contributed by atoms with E-state index < -0.39 is 0 Å². The predicted molar refractivity (Wildman–Crippen MR) is 141 cm³/mol. The summed E-state index contributed by atoms with van der Waals surface area (Å²) >= 11 is 5.84. The van der Waals surface area contributed by atoms with Gasteiger partial charge in [-0.1, -0.05) is 12.1 Å². The number of benzene rings is 2. The number of nitrogens with zero attached hydrogens (tertiary/aromatic N) is 3. The fourth-order valence-electron chi connectivity index (χ4n) is 4.47. The first-order valence-electron chi connectivity index (χ1n) is 11.2. The van der Waals surface area contributed by atoms with Crippen LogP contribution in [0.5, 0.6) is 5.75 Å². The van der Waals surface area contributed by atoms with Crippen molar-refractivity contribution in [2.45, 2.75) is 19.0 Å². The predicted octanol–water partition coefficient (Wildman–Crippen LogP) is 5.02. The van der Waals surface area contributed by atoms with Crippen LogP contribution in [-0.4, -0.2) is 27.7 Å². The van der Waals surface area contributed by atoms with Crippen LogP contribution in [0.3, 0.4) is 0 Å². The van der Waals surface area contributed by atoms with Crippen LogP contribution in [0.1, 0.15) is 30.4 Å². The van der Waals surface area contributed by atoms with Gasteiger partial charge in [-0.3, -0.25) is 9.78 Å². The van der Waals surface area contributed by atoms with Crippen molar-refractivity contribution in [1.82, 2.24) is 14.9 Å². The van der Waals surface area contributed by atoms with E-state index in [1.54, 1.807) is 13.3 Å². The van der Waals surface area contributed by atoms with Gasteiger partial charge in [0.25, 0.3) is 0 Å². The maximum Gasteiger partial charge on any atom is 0.221 e. The van der Waals surface area contributed by atoms with E-state index in [1.807, 2.05) is 72.9 Å². The zero-order chi connectivity index (χ0) is 24.4. The topological polar surface area (TPSA) is 71.4 Å². The van der Waals surface area contributed by atoms with Crippen molar-refractivity contribution in [3.8, 4) is 11.4 Å². The summed E-state index contributed by atoms with van der Waals surface area (Å²) in [6.45, 7) is 1.49. The molecule has 1 aliphatic rings. The smallest absolute Gasteiger partial charge is 0.221 e. The Morgan fingerprint density at radius 2 is 1.86 bits per heavy atom. The number of carbonyl (C=O) groups is 1. The Bertz CT molecular complexity index is 1350. The number of hydrogen-bond acceptors (Lipinski definition) is 4. The molecule has 0 radical (unpaired) electrons. The highest BCUT2D eigenvalue weighted by atomic mass is 32.1. The van der Waals surface area contributed by atoms with Crippen molar-refractivity contribution >= 4 is 34.6 Å². The Morgan fingerprint density at radius 3 is 2.57 bits per heavy atom. The van der Waals surface area contributed by atoms with Gasteiger partial charge in [0.05, 0.1) is 18.8 Å². The molecule has 2 atom stereocenters. The molecule has 0 aliphatic carbocycles. The Morgan fingerprint density at radius 1 is 1.03 bits per heavy atom. The third kappa shape index (κ3) is 4.48. The number of methoxy groups -OCH3 is 1. The average Bonchev–Trinajstić information content (AvgIpc) is 3.49. The van der Waals surface area contributed by atoms with Gasteiger partial charge in [0.2, 0.25) is 5.91 Å². The second-order valence-electron chi connectivity index (χ2n) is 8.23. The zero-order valence-corrected chi connectivity index (χ0v) is 20.2. The van der Waals surface area contributed by atoms with Gasteiger partial charge in [0.1, 0.15) is 11.8 Å². The Kier molecular flexibility index (Phi) is 6.20. The van der Waals surface area contributed by atoms with Gasteiger partial charge in [-0.15, -0.1) is 0 Å². The van der Waals surface area contributed by atoms with Gasteiger partial charge >= 0.3 is 0 Å². The van der Waals surface area contributed by atoms with Gasteiger partial charge in [0, 0.05) is 48.1 Å². The first-order valence-corrected chi connectivity index (χ1v) is 11.7. The summed E-state index contributed by atoms with van der Waals surface area (Å²) in [5.74, 6) is 0.675. The number of pyridine rings is 1. The number of carbonyl (C=O) groups excluding carboxylic acids is 1. The van der Waals surface area contributed by atoms with Crippen LogP contribution in [0, 0.1) is 0 Å². The molecule has 5 rings (SSSR count). The van der Waals surface area contributed by atoms with Crippen LogP contribution in [0.4, 0.5) is 11.4 Å². The Hall–Kier alpha value is -4.17. The maximum absolute atomic E-state index is 11.5. The summed E-state index contributed by atoms with van der Waals surface area (Å²) < 4.78 is 7.61. The summed E-state index contributed by atoms with van der Waals surface area (Å²) in [6.07, 6.45) is 3.84. The molecule has 3 heterocycles. The summed E-state index contributed by atoms with van der Waals surface area (Å²) in [6, 6.07) is 25.3. The molecule has 0 bridgehead atoms. The van der Waals surface area contributed by atoms with Gasteiger partial charge < -0.3 is 24.8 Å². The van der Waals surface area contributed by atoms with E-state index in [0.717, 1.165) is 34.2 Å². The fourth-order valence-corrected chi connectivity index (χ4v) is 4.82. The van der Waals surface area contributed by atoms with Crippen molar-refractivity contribution in [3.63, 3.8) is 0 Å². The zero-order valence-electron chi connectivity index (χ0n) is 19.4. The number of ether oxygens (including phenoxy) is 1. The molecule has 2 aromatic carbocycles. The highest BCUT2D eigenvalue weighted by Crippen LogP contribution is 2.42. The van der Waals surface area contributed by atoms with Crippen molar-refractivity contribution in [2.24, 2.45) is 0 Å². The standard InChI is InChI=1S/C27H25N5O2S/c1-18(33)29-19-11-13-20(14-12-19)32-26(25(30-27(32)35)23-9-3-4-15-28-23)24-10-6-16-31(24)21-7-5-8-22(17-21)34-2/h3-17,25-26H,1-2H3,(H,29,33)(H,30,35)/t25-,26+/m0/s1. The van der Waals surface area contributed by atoms with E-state index in [4.69, 9.17) is 17.0 Å². The number of amides is 1. The minimum absolute atomic E-state index is 0.111. The SMILES string of the molecule is COc1cccc(-n2cccc2[C@@H]2[C@H](c3ccccn3)NC(=S)N2c2ccc(NC(C)=O)cc2)c1. The van der Waals surface area contributed by atoms with Gasteiger partial charge in [-0.2, -0.15) is 0 Å². The molecular weight excluding hydrogens is 458 g/mol. The van der Waals surface area contributed by atoms with E-state index in [2.05, 4.69) is 37.2 Å². The molecule has 4 aromatic rings. The number of aromatic nitrogens is 2. The van der Waals surface area contributed by atoms with Crippen LogP contribution in [-0.2, 0) is 4.79 Å². The number of hydrogen-bond donors (Lipinski definition) is 2. The van der Waals surface area contributed by atoms with E-state index in [-0.39, 0.29) is 18.0 Å². The van der Waals surface area contributed by atoms with Crippen molar-refractivity contribution < 1.29 is 9.53 Å². The monoisotopic (exact) mass is 483 g/mol. The van der Waals surface area contributed by atoms with E-state index in [9.17, 15) is 4.79 Å². The van der Waals surface area contributed by atoms with E-state index in [1.165, 1.54) is 6.92 Å². The number of anilines is 2. The molecule has 0 spiro atoms. The van der Waals surface area contributed by atoms with Gasteiger partial charge in [-0.25, -0.2) is 0 Å². The quantitative estimate of drug-likeness (QED) is 0.376. The van der Waals surface area contributed by atoms with E-state index in [0.29, 0.717) is 5.11 Å². The lowest BCUT2D eigenvalue weighted by molar-refractivity contribution is -0.114. The van der Waals surface area contributed by atoms with Crippen LogP contribution in [0.2, 0.25) is 0 Å². The summed E-state index contributed by atoms with van der Waals surface area (Å²) in [5.41, 5.74) is 4.58. The second kappa shape index (κ2) is 9.60. The lowest BCUT2D eigenvalue weighted by Gasteiger charge is -2.29. The molecule has 8 heteroatoms. The van der Waals surface area contributed by atoms with Crippen LogP contribution < -0.4 is 20.3 Å². The number of rotatable bonds is 6. The molecule has 1 amide bonds. The minimum atomic E-state index is -0.176. The fraction of sp³-hybridized carbons (Fsp3) is 0.148. The average molecular weight is 484 g/mol. The molecule has 2 aromatic heterocycles. The Balaban J connectivity index is 1.61. The lowest BCUT2D eigenvalue weighted by atomic mass is 10.0. The Labute approximate surface area is 209 Å². The molecule has 0 unspecified atom stereocenters. The van der Waals surface area contributed by atoms with Crippen molar-refractivity contribution in [3.05, 3.63) is 103 Å². The first kappa shape index (κ1) is 22.6. The molecule has 7 nitrogen and oxygen atoms in total. The molecule has 2 N–H and O–H groups in total. The summed E-state index contributed by atoms with van der Waals surface area (Å²) in [5, 5.41) is 6.92. The molecule has 176 valence electrons. The second-order valence-corrected chi connectivity index (χ2v) is 8.62. The highest BCUT2D eigenvalue weighted by Gasteiger charge is 2.42. The molecular formula is C27H25N5O2S. The third-order valence-electron chi connectivity index (χ3n) is 5.98. The summed E-state index contributed by atoms with van der Waals surface area (Å²) in [7, 11) is 1.67. The minimum Gasteiger partial charge on any atom is -0.497 e. The largest absolute Gasteiger partial charge is 0.497 e. The van der Waals surface area contributed by atoms with E-state index >= 15 is 0 Å². The molecule has 1 aliphatic heterocycles. The molecule has 0 saturated carbocycles. The third-order valence-corrected chi connectivity index (χ3v) is 6.29. The number of nitrogens with one attached hydrogen (secondary N) is 2. The van der Waals surface area contributed by atoms with Gasteiger partial charge in [0.15, 0.2) is 5.11 Å². The van der Waals surface area contributed by atoms with Gasteiger partial charge in [-0.05, 0) is 72.9 Å². The van der Waals surface area contributed by atoms with Crippen molar-refractivity contribution in [2.75, 3.05) is 17.3 Å². The van der Waals surface area contributed by atoms with Crippen LogP contribution in [0.25, 0.3) is 5.69 Å². The first-order chi connectivity index (χ1) is 17.0. The molecule has 35 heavy (non-hydrogen) atoms. The lowest BCUT2D eigenvalue weighted by Crippen LogP contribution is -2.30. The molecule has 1 saturated heterocycles. The molecule has 1 fully saturated rings. The number of thiocarbonyl (C=S) groups is 1. The maximum atomic E-state index is 11.5. The van der Waals surface area contributed by atoms with Crippen LogP contribution in [0.15, 0.2) is 91.3 Å².